The lowest BCUT2D eigenvalue weighted by molar-refractivity contribution is -0.143. The van der Waals surface area contributed by atoms with E-state index in [0.29, 0.717) is 23.8 Å². The number of rotatable bonds is 6. The summed E-state index contributed by atoms with van der Waals surface area (Å²) in [6.45, 7) is 3.99. The Morgan fingerprint density at radius 1 is 1.39 bits per heavy atom. The highest BCUT2D eigenvalue weighted by molar-refractivity contribution is 6.32. The number of hydrogen-bond acceptors (Lipinski definition) is 5. The Labute approximate surface area is 148 Å². The molecule has 0 fully saturated rings. The van der Waals surface area contributed by atoms with Gasteiger partial charge in [-0.05, 0) is 44.5 Å². The number of esters is 1. The topological polar surface area (TPSA) is 73.6 Å². The van der Waals surface area contributed by atoms with Gasteiger partial charge in [0.1, 0.15) is 12.0 Å². The van der Waals surface area contributed by atoms with Crippen LogP contribution in [0.25, 0.3) is 0 Å². The fourth-order valence-corrected chi connectivity index (χ4v) is 2.76. The van der Waals surface area contributed by atoms with Gasteiger partial charge in [0, 0.05) is 12.0 Å². The number of fused-ring (bicyclic) bond motifs is 1. The molecule has 1 aliphatic heterocycles. The van der Waals surface area contributed by atoms with Crippen molar-refractivity contribution in [3.63, 3.8) is 0 Å². The number of hydrogen-bond donors (Lipinski definition) is 2. The SMILES string of the molecule is CCOC(=O)CCC(N)Oc1c(Cl)ccc2c1CCNCC2.Cl. The Hall–Kier alpha value is -1.01. The van der Waals surface area contributed by atoms with Crippen molar-refractivity contribution in [2.75, 3.05) is 19.7 Å². The Bertz CT molecular complexity index is 526. The first kappa shape index (κ1) is 20.0. The third-order valence-corrected chi connectivity index (χ3v) is 3.94. The van der Waals surface area contributed by atoms with Gasteiger partial charge >= 0.3 is 5.97 Å². The molecule has 5 nitrogen and oxygen atoms in total. The summed E-state index contributed by atoms with van der Waals surface area (Å²) in [5, 5.41) is 3.92. The summed E-state index contributed by atoms with van der Waals surface area (Å²) in [5.74, 6) is 0.392. The lowest BCUT2D eigenvalue weighted by Crippen LogP contribution is -2.29. The van der Waals surface area contributed by atoms with Crippen LogP contribution >= 0.6 is 24.0 Å². The van der Waals surface area contributed by atoms with Gasteiger partial charge in [-0.15, -0.1) is 12.4 Å². The summed E-state index contributed by atoms with van der Waals surface area (Å²) in [5.41, 5.74) is 8.34. The molecule has 0 saturated heterocycles. The fourth-order valence-electron chi connectivity index (χ4n) is 2.54. The van der Waals surface area contributed by atoms with Crippen molar-refractivity contribution in [1.29, 1.82) is 0 Å². The smallest absolute Gasteiger partial charge is 0.305 e. The molecule has 0 amide bonds. The van der Waals surface area contributed by atoms with Crippen molar-refractivity contribution in [3.8, 4) is 5.75 Å². The third kappa shape index (κ3) is 5.84. The molecule has 7 heteroatoms. The minimum atomic E-state index is -0.579. The van der Waals surface area contributed by atoms with E-state index in [1.54, 1.807) is 6.92 Å². The van der Waals surface area contributed by atoms with Crippen LogP contribution < -0.4 is 15.8 Å². The third-order valence-electron chi connectivity index (χ3n) is 3.64. The highest BCUT2D eigenvalue weighted by Gasteiger charge is 2.18. The molecule has 1 aromatic rings. The van der Waals surface area contributed by atoms with Gasteiger partial charge in [0.05, 0.1) is 18.1 Å². The van der Waals surface area contributed by atoms with E-state index < -0.39 is 6.23 Å². The molecule has 0 radical (unpaired) electrons. The minimum Gasteiger partial charge on any atom is -0.474 e. The second kappa shape index (κ2) is 9.98. The van der Waals surface area contributed by atoms with E-state index in [2.05, 4.69) is 5.32 Å². The van der Waals surface area contributed by atoms with Crippen LogP contribution in [-0.4, -0.2) is 31.9 Å². The zero-order valence-electron chi connectivity index (χ0n) is 13.3. The molecule has 1 aromatic carbocycles. The van der Waals surface area contributed by atoms with Gasteiger partial charge in [0.15, 0.2) is 0 Å². The molecular formula is C16H24Cl2N2O3. The van der Waals surface area contributed by atoms with Crippen molar-refractivity contribution < 1.29 is 14.3 Å². The van der Waals surface area contributed by atoms with Crippen LogP contribution in [0.2, 0.25) is 5.02 Å². The van der Waals surface area contributed by atoms with Crippen LogP contribution in [0.3, 0.4) is 0 Å². The number of nitrogens with two attached hydrogens (primary N) is 1. The summed E-state index contributed by atoms with van der Waals surface area (Å²) in [4.78, 5) is 11.4. The second-order valence-corrected chi connectivity index (χ2v) is 5.67. The summed E-state index contributed by atoms with van der Waals surface area (Å²) in [7, 11) is 0. The molecule has 1 unspecified atom stereocenters. The molecule has 0 aliphatic carbocycles. The first-order chi connectivity index (χ1) is 10.6. The average molecular weight is 363 g/mol. The fraction of sp³-hybridized carbons (Fsp3) is 0.562. The molecule has 0 aromatic heterocycles. The van der Waals surface area contributed by atoms with Gasteiger partial charge in [-0.3, -0.25) is 10.5 Å². The molecule has 1 atom stereocenters. The van der Waals surface area contributed by atoms with Crippen molar-refractivity contribution in [2.45, 2.75) is 38.8 Å². The highest BCUT2D eigenvalue weighted by atomic mass is 35.5. The van der Waals surface area contributed by atoms with Crippen LogP contribution in [0, 0.1) is 0 Å². The summed E-state index contributed by atoms with van der Waals surface area (Å²) in [6.07, 6.45) is 1.86. The van der Waals surface area contributed by atoms with E-state index in [1.807, 2.05) is 12.1 Å². The average Bonchev–Trinajstić information content (AvgIpc) is 2.74. The number of halogens is 2. The first-order valence-corrected chi connectivity index (χ1v) is 8.08. The van der Waals surface area contributed by atoms with Crippen LogP contribution in [0.1, 0.15) is 30.9 Å². The van der Waals surface area contributed by atoms with Gasteiger partial charge in [0.25, 0.3) is 0 Å². The highest BCUT2D eigenvalue weighted by Crippen LogP contribution is 2.33. The maximum absolute atomic E-state index is 11.4. The molecule has 23 heavy (non-hydrogen) atoms. The molecule has 3 N–H and O–H groups in total. The van der Waals surface area contributed by atoms with Crippen LogP contribution in [0.15, 0.2) is 12.1 Å². The summed E-state index contributed by atoms with van der Waals surface area (Å²) >= 11 is 6.28. The van der Waals surface area contributed by atoms with E-state index in [-0.39, 0.29) is 24.8 Å². The predicted molar refractivity (Wildman–Crippen MR) is 93.4 cm³/mol. The molecule has 130 valence electrons. The van der Waals surface area contributed by atoms with E-state index in [1.165, 1.54) is 5.56 Å². The van der Waals surface area contributed by atoms with Gasteiger partial charge in [0.2, 0.25) is 0 Å². The van der Waals surface area contributed by atoms with E-state index in [4.69, 9.17) is 26.8 Å². The number of carbonyl (C=O) groups is 1. The molecule has 1 aliphatic rings. The van der Waals surface area contributed by atoms with Gasteiger partial charge < -0.3 is 14.8 Å². The largest absolute Gasteiger partial charge is 0.474 e. The van der Waals surface area contributed by atoms with E-state index in [0.717, 1.165) is 31.5 Å². The maximum Gasteiger partial charge on any atom is 0.305 e. The van der Waals surface area contributed by atoms with E-state index >= 15 is 0 Å². The number of ether oxygens (including phenoxy) is 2. The molecule has 1 heterocycles. The van der Waals surface area contributed by atoms with Gasteiger partial charge in [-0.25, -0.2) is 0 Å². The molecule has 0 bridgehead atoms. The zero-order chi connectivity index (χ0) is 15.9. The van der Waals surface area contributed by atoms with E-state index in [9.17, 15) is 4.79 Å². The molecule has 0 spiro atoms. The Balaban J connectivity index is 0.00000264. The monoisotopic (exact) mass is 362 g/mol. The van der Waals surface area contributed by atoms with Crippen molar-refractivity contribution in [1.82, 2.24) is 5.32 Å². The zero-order valence-corrected chi connectivity index (χ0v) is 14.8. The van der Waals surface area contributed by atoms with Crippen LogP contribution in [-0.2, 0) is 22.4 Å². The predicted octanol–water partition coefficient (Wildman–Crippen LogP) is 2.46. The van der Waals surface area contributed by atoms with Gasteiger partial charge in [-0.2, -0.15) is 0 Å². The Kier molecular flexibility index (Phi) is 8.69. The molecule has 0 saturated carbocycles. The van der Waals surface area contributed by atoms with Crippen molar-refractivity contribution in [3.05, 3.63) is 28.3 Å². The standard InChI is InChI=1S/C16H23ClN2O3.ClH/c1-2-21-15(20)6-5-14(18)22-16-12-8-10-19-9-7-11(12)3-4-13(16)17;/h3-4,14,19H,2,5-10,18H2,1H3;1H. The van der Waals surface area contributed by atoms with Crippen LogP contribution in [0.5, 0.6) is 5.75 Å². The molecule has 2 rings (SSSR count). The summed E-state index contributed by atoms with van der Waals surface area (Å²) in [6, 6.07) is 3.89. The van der Waals surface area contributed by atoms with Crippen LogP contribution in [0.4, 0.5) is 0 Å². The normalized spacial score (nSPS) is 14.9. The summed E-state index contributed by atoms with van der Waals surface area (Å²) < 4.78 is 10.7. The number of nitrogens with one attached hydrogen (secondary N) is 1. The lowest BCUT2D eigenvalue weighted by Gasteiger charge is -2.19. The quantitative estimate of drug-likeness (QED) is 0.600. The lowest BCUT2D eigenvalue weighted by atomic mass is 10.0. The number of carbonyl (C=O) groups excluding carboxylic acids is 1. The first-order valence-electron chi connectivity index (χ1n) is 7.70. The van der Waals surface area contributed by atoms with Crippen molar-refractivity contribution in [2.24, 2.45) is 5.73 Å². The minimum absolute atomic E-state index is 0. The Morgan fingerprint density at radius 2 is 2.13 bits per heavy atom. The van der Waals surface area contributed by atoms with Gasteiger partial charge in [-0.1, -0.05) is 17.7 Å². The maximum atomic E-state index is 11.4. The Morgan fingerprint density at radius 3 is 2.87 bits per heavy atom. The van der Waals surface area contributed by atoms with Crippen molar-refractivity contribution >= 4 is 30.0 Å². The second-order valence-electron chi connectivity index (χ2n) is 5.26. The molecular weight excluding hydrogens is 339 g/mol. The number of benzene rings is 1.